The van der Waals surface area contributed by atoms with E-state index >= 15 is 0 Å². The summed E-state index contributed by atoms with van der Waals surface area (Å²) in [6.45, 7) is 4.40. The van der Waals surface area contributed by atoms with Gasteiger partial charge in [-0.2, -0.15) is 5.26 Å². The summed E-state index contributed by atoms with van der Waals surface area (Å²) in [5, 5.41) is 11.5. The number of rotatable bonds is 6. The van der Waals surface area contributed by atoms with Crippen LogP contribution in [0, 0.1) is 18.3 Å². The van der Waals surface area contributed by atoms with E-state index < -0.39 is 0 Å². The molecule has 146 valence electrons. The first-order chi connectivity index (χ1) is 13.6. The van der Waals surface area contributed by atoms with Gasteiger partial charge in [0.1, 0.15) is 0 Å². The molecule has 0 aliphatic carbocycles. The summed E-state index contributed by atoms with van der Waals surface area (Å²) < 4.78 is 5.32. The highest BCUT2D eigenvalue weighted by Gasteiger charge is 2.16. The van der Waals surface area contributed by atoms with E-state index in [0.29, 0.717) is 62.0 Å². The average Bonchev–Trinajstić information content (AvgIpc) is 2.69. The lowest BCUT2D eigenvalue weighted by molar-refractivity contribution is -0.116. The summed E-state index contributed by atoms with van der Waals surface area (Å²) in [4.78, 5) is 34.0. The van der Waals surface area contributed by atoms with Crippen molar-refractivity contribution in [2.24, 2.45) is 0 Å². The van der Waals surface area contributed by atoms with Crippen molar-refractivity contribution in [3.8, 4) is 6.07 Å². The van der Waals surface area contributed by atoms with E-state index in [1.165, 1.54) is 0 Å². The quantitative estimate of drug-likeness (QED) is 0.785. The number of benzene rings is 1. The minimum absolute atomic E-state index is 0.177. The standard InChI is InChI=1S/C20H23N5O3/c1-14-17(19(27)24-20(22-14)25-10-12-28-13-11-25)6-7-18(26)23-16-4-2-15(3-5-16)8-9-21/h2-5H,6-8,10-13H2,1H3,(H,23,26)(H,22,24,27). The third kappa shape index (κ3) is 4.96. The maximum absolute atomic E-state index is 12.5. The molecule has 1 amide bonds. The van der Waals surface area contributed by atoms with Gasteiger partial charge < -0.3 is 15.0 Å². The number of nitriles is 1. The summed E-state index contributed by atoms with van der Waals surface area (Å²) in [5.41, 5.74) is 2.52. The van der Waals surface area contributed by atoms with Crippen LogP contribution in [0.3, 0.4) is 0 Å². The summed E-state index contributed by atoms with van der Waals surface area (Å²) >= 11 is 0. The molecule has 1 aromatic heterocycles. The molecule has 2 N–H and O–H groups in total. The molecule has 1 aliphatic heterocycles. The largest absolute Gasteiger partial charge is 0.378 e. The van der Waals surface area contributed by atoms with Crippen LogP contribution < -0.4 is 15.8 Å². The molecule has 2 heterocycles. The predicted octanol–water partition coefficient (Wildman–Crippen LogP) is 1.55. The lowest BCUT2D eigenvalue weighted by Crippen LogP contribution is -2.38. The van der Waals surface area contributed by atoms with Crippen LogP contribution in [0.1, 0.15) is 23.2 Å². The van der Waals surface area contributed by atoms with Crippen molar-refractivity contribution in [2.75, 3.05) is 36.5 Å². The second-order valence-electron chi connectivity index (χ2n) is 6.63. The molecule has 1 fully saturated rings. The average molecular weight is 381 g/mol. The Balaban J connectivity index is 1.59. The van der Waals surface area contributed by atoms with Gasteiger partial charge in [0.2, 0.25) is 11.9 Å². The van der Waals surface area contributed by atoms with Gasteiger partial charge in [-0.1, -0.05) is 12.1 Å². The van der Waals surface area contributed by atoms with Gasteiger partial charge in [-0.3, -0.25) is 14.6 Å². The molecule has 28 heavy (non-hydrogen) atoms. The molecule has 0 bridgehead atoms. The van der Waals surface area contributed by atoms with Crippen LogP contribution in [-0.2, 0) is 22.4 Å². The third-order valence-corrected chi connectivity index (χ3v) is 4.64. The molecular weight excluding hydrogens is 358 g/mol. The maximum atomic E-state index is 12.5. The number of nitrogens with zero attached hydrogens (tertiary/aromatic N) is 3. The number of aromatic amines is 1. The summed E-state index contributed by atoms with van der Waals surface area (Å²) in [5.74, 6) is 0.376. The Bertz CT molecular complexity index is 924. The lowest BCUT2D eigenvalue weighted by atomic mass is 10.1. The second-order valence-corrected chi connectivity index (χ2v) is 6.63. The number of hydrogen-bond acceptors (Lipinski definition) is 6. The normalized spacial score (nSPS) is 13.8. The number of nitrogens with one attached hydrogen (secondary N) is 2. The fourth-order valence-electron chi connectivity index (χ4n) is 3.07. The molecule has 0 atom stereocenters. The topological polar surface area (TPSA) is 111 Å². The van der Waals surface area contributed by atoms with Crippen LogP contribution in [0.4, 0.5) is 11.6 Å². The number of carbonyl (C=O) groups excluding carboxylic acids is 1. The molecule has 1 aromatic carbocycles. The SMILES string of the molecule is Cc1nc(N2CCOCC2)[nH]c(=O)c1CCC(=O)Nc1ccc(CC#N)cc1. The summed E-state index contributed by atoms with van der Waals surface area (Å²) in [6, 6.07) is 9.23. The van der Waals surface area contributed by atoms with E-state index in [0.717, 1.165) is 5.56 Å². The highest BCUT2D eigenvalue weighted by molar-refractivity contribution is 5.90. The van der Waals surface area contributed by atoms with Crippen LogP contribution in [0.5, 0.6) is 0 Å². The first-order valence-corrected chi connectivity index (χ1v) is 9.25. The van der Waals surface area contributed by atoms with Crippen molar-refractivity contribution in [3.63, 3.8) is 0 Å². The van der Waals surface area contributed by atoms with Gasteiger partial charge in [-0.25, -0.2) is 4.98 Å². The first-order valence-electron chi connectivity index (χ1n) is 9.25. The summed E-state index contributed by atoms with van der Waals surface area (Å²) in [6.07, 6.45) is 0.835. The fraction of sp³-hybridized carbons (Fsp3) is 0.400. The third-order valence-electron chi connectivity index (χ3n) is 4.64. The Hall–Kier alpha value is -3.18. The Morgan fingerprint density at radius 3 is 2.68 bits per heavy atom. The molecule has 8 heteroatoms. The molecule has 0 unspecified atom stereocenters. The van der Waals surface area contributed by atoms with Crippen molar-refractivity contribution < 1.29 is 9.53 Å². The van der Waals surface area contributed by atoms with Crippen molar-refractivity contribution in [2.45, 2.75) is 26.2 Å². The zero-order valence-corrected chi connectivity index (χ0v) is 15.8. The van der Waals surface area contributed by atoms with E-state index in [2.05, 4.69) is 21.4 Å². The predicted molar refractivity (Wildman–Crippen MR) is 105 cm³/mol. The smallest absolute Gasteiger partial charge is 0.255 e. The molecule has 1 saturated heterocycles. The molecule has 2 aromatic rings. The van der Waals surface area contributed by atoms with Crippen molar-refractivity contribution in [3.05, 3.63) is 51.4 Å². The van der Waals surface area contributed by atoms with Gasteiger partial charge in [-0.15, -0.1) is 0 Å². The Morgan fingerprint density at radius 1 is 1.32 bits per heavy atom. The van der Waals surface area contributed by atoms with E-state index in [4.69, 9.17) is 10.00 Å². The minimum Gasteiger partial charge on any atom is -0.378 e. The van der Waals surface area contributed by atoms with Gasteiger partial charge in [-0.05, 0) is 31.0 Å². The van der Waals surface area contributed by atoms with E-state index in [1.807, 2.05) is 17.0 Å². The Labute approximate surface area is 163 Å². The zero-order chi connectivity index (χ0) is 19.9. The van der Waals surface area contributed by atoms with Crippen LogP contribution in [0.15, 0.2) is 29.1 Å². The molecule has 0 saturated carbocycles. The van der Waals surface area contributed by atoms with Gasteiger partial charge in [0.15, 0.2) is 0 Å². The van der Waals surface area contributed by atoms with Crippen molar-refractivity contribution in [1.82, 2.24) is 9.97 Å². The number of hydrogen-bond donors (Lipinski definition) is 2. The number of carbonyl (C=O) groups is 1. The van der Waals surface area contributed by atoms with Gasteiger partial charge in [0, 0.05) is 36.5 Å². The zero-order valence-electron chi connectivity index (χ0n) is 15.8. The highest BCUT2D eigenvalue weighted by Crippen LogP contribution is 2.13. The fourth-order valence-corrected chi connectivity index (χ4v) is 3.07. The lowest BCUT2D eigenvalue weighted by Gasteiger charge is -2.27. The monoisotopic (exact) mass is 381 g/mol. The first kappa shape index (κ1) is 19.6. The number of morpholine rings is 1. The molecule has 0 spiro atoms. The van der Waals surface area contributed by atoms with Crippen LogP contribution >= 0.6 is 0 Å². The number of anilines is 2. The van der Waals surface area contributed by atoms with Gasteiger partial charge in [0.25, 0.3) is 5.56 Å². The second kappa shape index (κ2) is 9.15. The Kier molecular flexibility index (Phi) is 6.40. The van der Waals surface area contributed by atoms with E-state index in [9.17, 15) is 9.59 Å². The number of amides is 1. The van der Waals surface area contributed by atoms with E-state index in [1.54, 1.807) is 19.1 Å². The van der Waals surface area contributed by atoms with Gasteiger partial charge in [0.05, 0.1) is 25.7 Å². The minimum atomic E-state index is -0.206. The number of ether oxygens (including phenoxy) is 1. The Morgan fingerprint density at radius 2 is 2.04 bits per heavy atom. The number of aromatic nitrogens is 2. The molecule has 8 nitrogen and oxygen atoms in total. The molecule has 0 radical (unpaired) electrons. The van der Waals surface area contributed by atoms with E-state index in [-0.39, 0.29) is 17.9 Å². The summed E-state index contributed by atoms with van der Waals surface area (Å²) in [7, 11) is 0. The molecule has 3 rings (SSSR count). The van der Waals surface area contributed by atoms with Crippen molar-refractivity contribution >= 4 is 17.5 Å². The van der Waals surface area contributed by atoms with Crippen LogP contribution in [-0.4, -0.2) is 42.2 Å². The number of aryl methyl sites for hydroxylation is 1. The van der Waals surface area contributed by atoms with Gasteiger partial charge >= 0.3 is 0 Å². The number of H-pyrrole nitrogens is 1. The maximum Gasteiger partial charge on any atom is 0.255 e. The highest BCUT2D eigenvalue weighted by atomic mass is 16.5. The van der Waals surface area contributed by atoms with Crippen LogP contribution in [0.2, 0.25) is 0 Å². The van der Waals surface area contributed by atoms with Crippen LogP contribution in [0.25, 0.3) is 0 Å². The van der Waals surface area contributed by atoms with Crippen molar-refractivity contribution in [1.29, 1.82) is 5.26 Å². The molecule has 1 aliphatic rings. The molecular formula is C20H23N5O3.